The molecule has 0 bridgehead atoms. The first-order chi connectivity index (χ1) is 6.27. The van der Waals surface area contributed by atoms with Crippen molar-refractivity contribution in [1.29, 1.82) is 0 Å². The zero-order chi connectivity index (χ0) is 9.68. The number of hydrogen-bond donors (Lipinski definition) is 0. The third-order valence-corrected chi connectivity index (χ3v) is 1.59. The van der Waals surface area contributed by atoms with Gasteiger partial charge in [0, 0.05) is 10.6 Å². The number of nitrogens with zero attached hydrogens (tertiary/aromatic N) is 3. The van der Waals surface area contributed by atoms with Crippen molar-refractivity contribution < 1.29 is 4.74 Å². The maximum absolute atomic E-state index is 8.17. The molecule has 0 aromatic heterocycles. The highest BCUT2D eigenvalue weighted by Crippen LogP contribution is 2.17. The predicted molar refractivity (Wildman–Crippen MR) is 51.2 cm³/mol. The van der Waals surface area contributed by atoms with E-state index in [1.807, 2.05) is 0 Å². The van der Waals surface area contributed by atoms with Crippen LogP contribution in [0.2, 0.25) is 0 Å². The Bertz CT molecular complexity index is 350. The molecule has 1 aromatic rings. The van der Waals surface area contributed by atoms with Gasteiger partial charge in [-0.3, -0.25) is 0 Å². The molecule has 0 aliphatic heterocycles. The van der Waals surface area contributed by atoms with E-state index in [1.165, 1.54) is 0 Å². The van der Waals surface area contributed by atoms with E-state index < -0.39 is 0 Å². The molecule has 0 N–H and O–H groups in total. The fourth-order valence-corrected chi connectivity index (χ4v) is 0.895. The summed E-state index contributed by atoms with van der Waals surface area (Å²) in [5.74, 6) is 0.762. The molecule has 0 saturated heterocycles. The summed E-state index contributed by atoms with van der Waals surface area (Å²) in [6.45, 7) is 3.61. The molecule has 0 radical (unpaired) electrons. The van der Waals surface area contributed by atoms with Crippen molar-refractivity contribution in [1.82, 2.24) is 0 Å². The Hall–Kier alpha value is -1.93. The average Bonchev–Trinajstić information content (AvgIpc) is 2.18. The number of methoxy groups -OCH3 is 1. The van der Waals surface area contributed by atoms with Crippen LogP contribution < -0.4 is 4.74 Å². The van der Waals surface area contributed by atoms with E-state index in [1.54, 1.807) is 31.4 Å². The summed E-state index contributed by atoms with van der Waals surface area (Å²) in [5.41, 5.74) is 9.37. The number of benzene rings is 1. The lowest BCUT2D eigenvalue weighted by molar-refractivity contribution is 0.415. The molecule has 66 valence electrons. The SMILES string of the molecule is C=C(N=[N+]=[N-])c1ccc(OC)cc1. The lowest BCUT2D eigenvalue weighted by atomic mass is 10.2. The summed E-state index contributed by atoms with van der Waals surface area (Å²) in [7, 11) is 1.59. The van der Waals surface area contributed by atoms with E-state index in [2.05, 4.69) is 16.6 Å². The first-order valence-corrected chi connectivity index (χ1v) is 3.66. The molecule has 0 spiro atoms. The highest BCUT2D eigenvalue weighted by Gasteiger charge is 1.95. The highest BCUT2D eigenvalue weighted by molar-refractivity contribution is 5.62. The Morgan fingerprint density at radius 1 is 1.46 bits per heavy atom. The molecule has 0 saturated carbocycles. The number of hydrogen-bond acceptors (Lipinski definition) is 2. The monoisotopic (exact) mass is 175 g/mol. The van der Waals surface area contributed by atoms with E-state index in [9.17, 15) is 0 Å². The summed E-state index contributed by atoms with van der Waals surface area (Å²) in [5, 5.41) is 3.40. The van der Waals surface area contributed by atoms with Crippen LogP contribution >= 0.6 is 0 Å². The molecule has 0 heterocycles. The van der Waals surface area contributed by atoms with Crippen molar-refractivity contribution in [2.75, 3.05) is 7.11 Å². The van der Waals surface area contributed by atoms with Crippen LogP contribution in [0.5, 0.6) is 5.75 Å². The second-order valence-corrected chi connectivity index (χ2v) is 2.36. The molecule has 4 heteroatoms. The van der Waals surface area contributed by atoms with Crippen LogP contribution in [-0.4, -0.2) is 7.11 Å². The van der Waals surface area contributed by atoms with Crippen LogP contribution in [0.3, 0.4) is 0 Å². The third kappa shape index (κ3) is 2.25. The van der Waals surface area contributed by atoms with Gasteiger partial charge in [0.2, 0.25) is 0 Å². The Morgan fingerprint density at radius 3 is 2.54 bits per heavy atom. The van der Waals surface area contributed by atoms with E-state index in [-0.39, 0.29) is 0 Å². The second kappa shape index (κ2) is 4.18. The lowest BCUT2D eigenvalue weighted by Crippen LogP contribution is -1.83. The molecule has 0 aliphatic carbocycles. The van der Waals surface area contributed by atoms with E-state index in [0.29, 0.717) is 5.70 Å². The number of ether oxygens (including phenoxy) is 1. The highest BCUT2D eigenvalue weighted by atomic mass is 16.5. The Balaban J connectivity index is 2.92. The smallest absolute Gasteiger partial charge is 0.118 e. The maximum atomic E-state index is 8.17. The van der Waals surface area contributed by atoms with Gasteiger partial charge < -0.3 is 4.74 Å². The minimum Gasteiger partial charge on any atom is -0.497 e. The molecule has 1 rings (SSSR count). The largest absolute Gasteiger partial charge is 0.497 e. The van der Waals surface area contributed by atoms with E-state index >= 15 is 0 Å². The van der Waals surface area contributed by atoms with Crippen molar-refractivity contribution in [3.8, 4) is 5.75 Å². The van der Waals surface area contributed by atoms with Crippen molar-refractivity contribution in [2.24, 2.45) is 5.11 Å². The number of rotatable bonds is 3. The molecule has 1 aromatic carbocycles. The van der Waals surface area contributed by atoms with Crippen LogP contribution in [-0.2, 0) is 0 Å². The molecule has 0 amide bonds. The third-order valence-electron chi connectivity index (χ3n) is 1.59. The predicted octanol–water partition coefficient (Wildman–Crippen LogP) is 2.98. The summed E-state index contributed by atoms with van der Waals surface area (Å²) < 4.78 is 4.98. The standard InChI is InChI=1S/C9H9N3O/c1-7(11-12-10)8-3-5-9(13-2)6-4-8/h3-6H,1H2,2H3. The van der Waals surface area contributed by atoms with Crippen molar-refractivity contribution in [2.45, 2.75) is 0 Å². The Morgan fingerprint density at radius 2 is 2.08 bits per heavy atom. The quantitative estimate of drug-likeness (QED) is 0.395. The first kappa shape index (κ1) is 9.16. The van der Waals surface area contributed by atoms with Gasteiger partial charge in [0.25, 0.3) is 0 Å². The summed E-state index contributed by atoms with van der Waals surface area (Å²) in [6, 6.07) is 7.15. The number of azide groups is 1. The second-order valence-electron chi connectivity index (χ2n) is 2.36. The normalized spacial score (nSPS) is 8.69. The maximum Gasteiger partial charge on any atom is 0.118 e. The van der Waals surface area contributed by atoms with E-state index in [0.717, 1.165) is 11.3 Å². The van der Waals surface area contributed by atoms with Gasteiger partial charge in [0.05, 0.1) is 7.11 Å². The Kier molecular flexibility index (Phi) is 2.95. The average molecular weight is 175 g/mol. The van der Waals surface area contributed by atoms with Gasteiger partial charge in [-0.25, -0.2) is 0 Å². The van der Waals surface area contributed by atoms with Crippen LogP contribution in [0.4, 0.5) is 0 Å². The van der Waals surface area contributed by atoms with Crippen LogP contribution in [0.15, 0.2) is 36.0 Å². The Labute approximate surface area is 76.1 Å². The fraction of sp³-hybridized carbons (Fsp3) is 0.111. The first-order valence-electron chi connectivity index (χ1n) is 3.66. The van der Waals surface area contributed by atoms with Crippen LogP contribution in [0, 0.1) is 0 Å². The van der Waals surface area contributed by atoms with Gasteiger partial charge in [-0.05, 0) is 23.2 Å². The van der Waals surface area contributed by atoms with Gasteiger partial charge in [-0.1, -0.05) is 23.8 Å². The van der Waals surface area contributed by atoms with Crippen LogP contribution in [0.25, 0.3) is 16.1 Å². The zero-order valence-corrected chi connectivity index (χ0v) is 7.27. The lowest BCUT2D eigenvalue weighted by Gasteiger charge is -2.01. The molecule has 0 fully saturated rings. The van der Waals surface area contributed by atoms with Crippen molar-refractivity contribution >= 4 is 5.70 Å². The van der Waals surface area contributed by atoms with Crippen molar-refractivity contribution in [3.05, 3.63) is 46.9 Å². The van der Waals surface area contributed by atoms with Crippen LogP contribution in [0.1, 0.15) is 5.56 Å². The molecule has 0 aliphatic rings. The van der Waals surface area contributed by atoms with Gasteiger partial charge >= 0.3 is 0 Å². The summed E-state index contributed by atoms with van der Waals surface area (Å²) >= 11 is 0. The van der Waals surface area contributed by atoms with Gasteiger partial charge in [0.15, 0.2) is 0 Å². The molecular weight excluding hydrogens is 166 g/mol. The van der Waals surface area contributed by atoms with Gasteiger partial charge in [0.1, 0.15) is 5.75 Å². The molecule has 13 heavy (non-hydrogen) atoms. The molecule has 0 atom stereocenters. The van der Waals surface area contributed by atoms with Crippen molar-refractivity contribution in [3.63, 3.8) is 0 Å². The summed E-state index contributed by atoms with van der Waals surface area (Å²) in [4.78, 5) is 2.65. The summed E-state index contributed by atoms with van der Waals surface area (Å²) in [6.07, 6.45) is 0. The van der Waals surface area contributed by atoms with Gasteiger partial charge in [-0.15, -0.1) is 0 Å². The fourth-order valence-electron chi connectivity index (χ4n) is 0.895. The molecule has 4 nitrogen and oxygen atoms in total. The molecule has 0 unspecified atom stereocenters. The zero-order valence-electron chi connectivity index (χ0n) is 7.27. The topological polar surface area (TPSA) is 58.0 Å². The minimum absolute atomic E-state index is 0.408. The van der Waals surface area contributed by atoms with Gasteiger partial charge in [-0.2, -0.15) is 0 Å². The minimum atomic E-state index is 0.408. The molecular formula is C9H9N3O. The van der Waals surface area contributed by atoms with E-state index in [4.69, 9.17) is 10.3 Å².